The molecule has 2 aliphatic heterocycles. The van der Waals surface area contributed by atoms with Crippen LogP contribution in [0.2, 0.25) is 11.6 Å². The molecule has 0 aromatic heterocycles. The van der Waals surface area contributed by atoms with Crippen molar-refractivity contribution < 1.29 is 23.4 Å². The van der Waals surface area contributed by atoms with Crippen molar-refractivity contribution in [2.75, 3.05) is 0 Å². The summed E-state index contributed by atoms with van der Waals surface area (Å²) in [5, 5.41) is -0.358. The summed E-state index contributed by atoms with van der Waals surface area (Å²) in [5.74, 6) is 0.251. The molecule has 134 valence electrons. The smallest absolute Gasteiger partial charge is 0.403 e. The zero-order valence-electron chi connectivity index (χ0n) is 16.3. The van der Waals surface area contributed by atoms with Crippen molar-refractivity contribution in [3.63, 3.8) is 0 Å². The van der Waals surface area contributed by atoms with Gasteiger partial charge in [-0.1, -0.05) is 0 Å². The summed E-state index contributed by atoms with van der Waals surface area (Å²) >= 11 is 0. The number of ketones is 1. The minimum Gasteiger partial charge on any atom is -0.403 e. The van der Waals surface area contributed by atoms with Crippen LogP contribution in [-0.2, 0) is 23.4 Å². The SMILES string of the molecule is CC1(C)OB(CC2(B3OC(C)(C)C(C)(C)O3)CC(=O)C2)OC1(C)C. The maximum absolute atomic E-state index is 11.8. The van der Waals surface area contributed by atoms with Crippen LogP contribution in [0.15, 0.2) is 0 Å². The highest BCUT2D eigenvalue weighted by atomic mass is 16.7. The van der Waals surface area contributed by atoms with Crippen molar-refractivity contribution >= 4 is 20.0 Å². The second kappa shape index (κ2) is 5.09. The third-order valence-corrected chi connectivity index (χ3v) is 6.73. The predicted octanol–water partition coefficient (Wildman–Crippen LogP) is 3.27. The van der Waals surface area contributed by atoms with E-state index in [9.17, 15) is 4.79 Å². The van der Waals surface area contributed by atoms with E-state index in [1.807, 2.05) is 55.4 Å². The van der Waals surface area contributed by atoms with Gasteiger partial charge in [-0.3, -0.25) is 4.79 Å². The standard InChI is InChI=1S/C17H30B2O5/c1-13(2)14(3,4)22-18(21-13)11-17(9-12(20)10-17)19-23-15(5,6)16(7,8)24-19/h9-11H2,1-8H3. The normalized spacial score (nSPS) is 32.1. The lowest BCUT2D eigenvalue weighted by atomic mass is 9.40. The predicted molar refractivity (Wildman–Crippen MR) is 93.9 cm³/mol. The second-order valence-corrected chi connectivity index (χ2v) is 9.73. The van der Waals surface area contributed by atoms with Gasteiger partial charge in [0.15, 0.2) is 0 Å². The molecule has 1 saturated carbocycles. The van der Waals surface area contributed by atoms with Crippen LogP contribution in [0.3, 0.4) is 0 Å². The Morgan fingerprint density at radius 3 is 1.50 bits per heavy atom. The van der Waals surface area contributed by atoms with Crippen molar-refractivity contribution in [3.05, 3.63) is 0 Å². The fraction of sp³-hybridized carbons (Fsp3) is 0.941. The molecule has 3 aliphatic rings. The molecule has 2 saturated heterocycles. The van der Waals surface area contributed by atoms with Crippen molar-refractivity contribution in [2.24, 2.45) is 0 Å². The summed E-state index contributed by atoms with van der Waals surface area (Å²) in [7, 11) is -0.749. The first-order valence-corrected chi connectivity index (χ1v) is 8.93. The highest BCUT2D eigenvalue weighted by Gasteiger charge is 2.66. The Morgan fingerprint density at radius 1 is 0.750 bits per heavy atom. The molecule has 7 heteroatoms. The Kier molecular flexibility index (Phi) is 3.91. The second-order valence-electron chi connectivity index (χ2n) is 9.73. The van der Waals surface area contributed by atoms with Gasteiger partial charge >= 0.3 is 14.2 Å². The van der Waals surface area contributed by atoms with Gasteiger partial charge in [0.25, 0.3) is 0 Å². The topological polar surface area (TPSA) is 54.0 Å². The van der Waals surface area contributed by atoms with Crippen molar-refractivity contribution in [1.82, 2.24) is 0 Å². The van der Waals surface area contributed by atoms with Crippen molar-refractivity contribution in [3.8, 4) is 0 Å². The summed E-state index contributed by atoms with van der Waals surface area (Å²) in [6, 6.07) is 0. The lowest BCUT2D eigenvalue weighted by Crippen LogP contribution is -2.48. The maximum Gasteiger partial charge on any atom is 0.464 e. The third kappa shape index (κ3) is 2.68. The highest BCUT2D eigenvalue weighted by molar-refractivity contribution is 6.57. The Bertz CT molecular complexity index is 515. The number of carbonyl (C=O) groups is 1. The summed E-state index contributed by atoms with van der Waals surface area (Å²) in [6.45, 7) is 16.3. The minimum absolute atomic E-state index is 0.251. The van der Waals surface area contributed by atoms with E-state index in [1.165, 1.54) is 0 Å². The van der Waals surface area contributed by atoms with Crippen molar-refractivity contribution in [2.45, 2.75) is 102 Å². The lowest BCUT2D eigenvalue weighted by molar-refractivity contribution is -0.126. The molecule has 24 heavy (non-hydrogen) atoms. The van der Waals surface area contributed by atoms with E-state index in [1.54, 1.807) is 0 Å². The van der Waals surface area contributed by atoms with Crippen LogP contribution in [0.4, 0.5) is 0 Å². The number of hydrogen-bond donors (Lipinski definition) is 0. The van der Waals surface area contributed by atoms with Crippen LogP contribution >= 0.6 is 0 Å². The van der Waals surface area contributed by atoms with Crippen LogP contribution in [0.5, 0.6) is 0 Å². The molecule has 0 radical (unpaired) electrons. The Labute approximate surface area is 146 Å². The molecule has 0 aromatic rings. The molecule has 0 aromatic carbocycles. The zero-order chi connectivity index (χ0) is 18.2. The van der Waals surface area contributed by atoms with E-state index in [0.717, 1.165) is 0 Å². The Balaban J connectivity index is 1.78. The van der Waals surface area contributed by atoms with Crippen LogP contribution in [0.1, 0.15) is 68.2 Å². The summed E-state index contributed by atoms with van der Waals surface area (Å²) < 4.78 is 24.8. The van der Waals surface area contributed by atoms with Crippen LogP contribution in [0.25, 0.3) is 0 Å². The van der Waals surface area contributed by atoms with Gasteiger partial charge in [0.2, 0.25) is 0 Å². The molecule has 0 spiro atoms. The van der Waals surface area contributed by atoms with Gasteiger partial charge in [-0.2, -0.15) is 0 Å². The molecule has 0 amide bonds. The molecular formula is C17H30B2O5. The van der Waals surface area contributed by atoms with E-state index in [2.05, 4.69) is 0 Å². The first kappa shape index (κ1) is 18.4. The van der Waals surface area contributed by atoms with E-state index in [-0.39, 0.29) is 29.4 Å². The highest BCUT2D eigenvalue weighted by Crippen LogP contribution is 2.58. The quantitative estimate of drug-likeness (QED) is 0.741. The molecule has 0 bridgehead atoms. The summed E-state index contributed by atoms with van der Waals surface area (Å²) in [4.78, 5) is 11.8. The third-order valence-electron chi connectivity index (χ3n) is 6.73. The van der Waals surface area contributed by atoms with Crippen LogP contribution < -0.4 is 0 Å². The van der Waals surface area contributed by atoms with Gasteiger partial charge in [0.05, 0.1) is 22.4 Å². The van der Waals surface area contributed by atoms with E-state index in [0.29, 0.717) is 19.2 Å². The lowest BCUT2D eigenvalue weighted by Gasteiger charge is -2.42. The minimum atomic E-state index is -0.404. The Hall–Kier alpha value is -0.360. The van der Waals surface area contributed by atoms with E-state index >= 15 is 0 Å². The van der Waals surface area contributed by atoms with E-state index < -0.39 is 18.3 Å². The molecular weight excluding hydrogens is 306 g/mol. The fourth-order valence-electron chi connectivity index (χ4n) is 3.61. The monoisotopic (exact) mass is 336 g/mol. The van der Waals surface area contributed by atoms with Gasteiger partial charge < -0.3 is 18.6 Å². The molecule has 3 rings (SSSR count). The Morgan fingerprint density at radius 2 is 1.12 bits per heavy atom. The summed E-state index contributed by atoms with van der Waals surface area (Å²) in [5.41, 5.74) is -1.55. The molecule has 0 unspecified atom stereocenters. The summed E-state index contributed by atoms with van der Waals surface area (Å²) in [6.07, 6.45) is 1.55. The van der Waals surface area contributed by atoms with Gasteiger partial charge in [-0.15, -0.1) is 0 Å². The largest absolute Gasteiger partial charge is 0.464 e. The number of hydrogen-bond acceptors (Lipinski definition) is 5. The maximum atomic E-state index is 11.8. The fourth-order valence-corrected chi connectivity index (χ4v) is 3.61. The van der Waals surface area contributed by atoms with Crippen molar-refractivity contribution in [1.29, 1.82) is 0 Å². The van der Waals surface area contributed by atoms with Gasteiger partial charge in [0, 0.05) is 18.2 Å². The average Bonchev–Trinajstić information content (AvgIpc) is 2.66. The van der Waals surface area contributed by atoms with E-state index in [4.69, 9.17) is 18.6 Å². The molecule has 2 heterocycles. The average molecular weight is 336 g/mol. The number of carbonyl (C=O) groups excluding carboxylic acids is 1. The molecule has 0 atom stereocenters. The first-order chi connectivity index (χ1) is 10.7. The van der Waals surface area contributed by atoms with Crippen LogP contribution in [-0.4, -0.2) is 42.4 Å². The molecule has 5 nitrogen and oxygen atoms in total. The van der Waals surface area contributed by atoms with Gasteiger partial charge in [0.1, 0.15) is 5.78 Å². The molecule has 1 aliphatic carbocycles. The molecule has 0 N–H and O–H groups in total. The number of rotatable bonds is 3. The van der Waals surface area contributed by atoms with Crippen LogP contribution in [0, 0.1) is 0 Å². The first-order valence-electron chi connectivity index (χ1n) is 8.93. The van der Waals surface area contributed by atoms with Gasteiger partial charge in [-0.05, 0) is 61.7 Å². The molecule has 3 fully saturated rings. The number of Topliss-reactive ketones (excluding diaryl/α,β-unsaturated/α-hetero) is 1. The van der Waals surface area contributed by atoms with Gasteiger partial charge in [-0.25, -0.2) is 0 Å². The zero-order valence-corrected chi connectivity index (χ0v) is 16.3.